The van der Waals surface area contributed by atoms with Gasteiger partial charge in [0.25, 0.3) is 0 Å². The Bertz CT molecular complexity index is 1340. The number of aliphatic hydroxyl groups is 7. The molecule has 0 aromatic heterocycles. The zero-order valence-corrected chi connectivity index (χ0v) is 42.5. The van der Waals surface area contributed by atoms with E-state index in [0.29, 0.717) is 12.8 Å². The van der Waals surface area contributed by atoms with Crippen LogP contribution >= 0.6 is 0 Å². The number of aliphatic hydroxyl groups excluding tert-OH is 7. The van der Waals surface area contributed by atoms with E-state index in [1.54, 1.807) is 0 Å². The van der Waals surface area contributed by atoms with E-state index in [2.05, 4.69) is 50.3 Å². The lowest BCUT2D eigenvalue weighted by molar-refractivity contribution is -0.332. The lowest BCUT2D eigenvalue weighted by atomic mass is 9.98. The van der Waals surface area contributed by atoms with Crippen molar-refractivity contribution in [1.82, 2.24) is 0 Å². The fraction of sp³-hybridized carbons (Fsp3) is 0.852. The van der Waals surface area contributed by atoms with Crippen LogP contribution in [0.2, 0.25) is 0 Å². The third-order valence-electron chi connectivity index (χ3n) is 12.9. The lowest BCUT2D eigenvalue weighted by Crippen LogP contribution is -2.61. The second kappa shape index (κ2) is 41.2. The maximum absolute atomic E-state index is 13.0. The van der Waals surface area contributed by atoms with Crippen molar-refractivity contribution in [1.29, 1.82) is 0 Å². The van der Waals surface area contributed by atoms with Gasteiger partial charge in [-0.2, -0.15) is 0 Å². The molecule has 0 spiro atoms. The molecule has 11 atom stereocenters. The van der Waals surface area contributed by atoms with Crippen LogP contribution in [0.15, 0.2) is 36.5 Å². The second-order valence-electron chi connectivity index (χ2n) is 19.1. The summed E-state index contributed by atoms with van der Waals surface area (Å²) in [5.41, 5.74) is 0. The van der Waals surface area contributed by atoms with Crippen molar-refractivity contribution in [3.8, 4) is 0 Å². The van der Waals surface area contributed by atoms with Gasteiger partial charge in [0.1, 0.15) is 55.4 Å². The fourth-order valence-electron chi connectivity index (χ4n) is 8.40. The standard InChI is InChI=1S/C54H96O15/c1-3-5-7-9-11-13-15-17-19-20-21-23-24-26-28-30-32-34-36-45(56)64-39-42(67-46(57)37-35-33-31-29-27-25-22-18-16-14-12-10-8-6-4-2)40-65-53-52(63)50(61)48(59)44(69-53)41-66-54-51(62)49(60)47(58)43(38-55)68-54/h12,14,18,22,27,29,42-44,47-55,58-63H,3-11,13,15-17,19-21,23-26,28,30-41H2,1-2H3/b14-12+,22-18+,29-27+/t42-,43+,44+,47-,48-,49?,50?,51?,52?,53+,54+/m0/s1. The molecule has 0 aromatic carbocycles. The summed E-state index contributed by atoms with van der Waals surface area (Å²) in [6.45, 7) is 2.54. The van der Waals surface area contributed by atoms with Gasteiger partial charge in [-0.3, -0.25) is 9.59 Å². The van der Waals surface area contributed by atoms with Crippen molar-refractivity contribution in [3.63, 3.8) is 0 Å². The highest BCUT2D eigenvalue weighted by molar-refractivity contribution is 5.70. The van der Waals surface area contributed by atoms with Gasteiger partial charge >= 0.3 is 11.9 Å². The van der Waals surface area contributed by atoms with Gasteiger partial charge in [-0.15, -0.1) is 0 Å². The maximum Gasteiger partial charge on any atom is 0.306 e. The third kappa shape index (κ3) is 29.1. The summed E-state index contributed by atoms with van der Waals surface area (Å²) in [5, 5.41) is 72.1. The number of hydrogen-bond donors (Lipinski definition) is 7. The zero-order valence-electron chi connectivity index (χ0n) is 42.5. The van der Waals surface area contributed by atoms with Gasteiger partial charge in [0.05, 0.1) is 19.8 Å². The number of ether oxygens (including phenoxy) is 6. The minimum absolute atomic E-state index is 0.118. The molecule has 15 nitrogen and oxygen atoms in total. The first-order valence-corrected chi connectivity index (χ1v) is 27.1. The Labute approximate surface area is 415 Å². The summed E-state index contributed by atoms with van der Waals surface area (Å²) in [4.78, 5) is 25.8. The minimum Gasteiger partial charge on any atom is -0.462 e. The molecule has 0 saturated carbocycles. The molecule has 0 aromatic rings. The number of esters is 2. The molecule has 402 valence electrons. The Balaban J connectivity index is 1.80. The monoisotopic (exact) mass is 985 g/mol. The van der Waals surface area contributed by atoms with E-state index in [4.69, 9.17) is 28.4 Å². The Morgan fingerprint density at radius 3 is 1.39 bits per heavy atom. The summed E-state index contributed by atoms with van der Waals surface area (Å²) < 4.78 is 33.6. The van der Waals surface area contributed by atoms with Gasteiger partial charge < -0.3 is 64.2 Å². The molecule has 2 aliphatic rings. The predicted octanol–water partition coefficient (Wildman–Crippen LogP) is 8.10. The molecule has 15 heteroatoms. The molecule has 0 bridgehead atoms. The molecule has 4 unspecified atom stereocenters. The van der Waals surface area contributed by atoms with Crippen LogP contribution in [0.4, 0.5) is 0 Å². The van der Waals surface area contributed by atoms with E-state index in [1.807, 2.05) is 0 Å². The third-order valence-corrected chi connectivity index (χ3v) is 12.9. The van der Waals surface area contributed by atoms with Crippen LogP contribution in [-0.2, 0) is 38.0 Å². The Morgan fingerprint density at radius 2 is 0.870 bits per heavy atom. The van der Waals surface area contributed by atoms with Crippen LogP contribution in [0.1, 0.15) is 200 Å². The molecule has 2 rings (SSSR count). The van der Waals surface area contributed by atoms with E-state index in [9.17, 15) is 45.3 Å². The highest BCUT2D eigenvalue weighted by Gasteiger charge is 2.47. The molecule has 2 aliphatic heterocycles. The van der Waals surface area contributed by atoms with Crippen molar-refractivity contribution >= 4 is 11.9 Å². The Kier molecular flexibility index (Phi) is 37.5. The zero-order chi connectivity index (χ0) is 50.3. The first-order chi connectivity index (χ1) is 33.5. The molecule has 69 heavy (non-hydrogen) atoms. The van der Waals surface area contributed by atoms with E-state index < -0.39 is 99.3 Å². The van der Waals surface area contributed by atoms with E-state index in [1.165, 1.54) is 109 Å². The topological polar surface area (TPSA) is 231 Å². The number of unbranched alkanes of at least 4 members (excludes halogenated alkanes) is 22. The average Bonchev–Trinajstić information content (AvgIpc) is 3.34. The van der Waals surface area contributed by atoms with Crippen LogP contribution in [0.5, 0.6) is 0 Å². The van der Waals surface area contributed by atoms with Gasteiger partial charge in [0.15, 0.2) is 18.7 Å². The molecular formula is C54H96O15. The van der Waals surface area contributed by atoms with Crippen LogP contribution in [0, 0.1) is 0 Å². The van der Waals surface area contributed by atoms with Gasteiger partial charge in [-0.05, 0) is 51.4 Å². The SMILES string of the molecule is CCCCC/C=C/C/C=C/C/C=C/CCCCC(=O)O[C@@H](COC(=O)CCCCCCCCCCCCCCCCCCCC)CO[C@@H]1O[C@H](CO[C@@H]2O[C@H](CO)[C@H](O)C(O)C2O)[C@H](O)C(O)C1O. The predicted molar refractivity (Wildman–Crippen MR) is 266 cm³/mol. The molecule has 0 amide bonds. The molecule has 0 radical (unpaired) electrons. The van der Waals surface area contributed by atoms with Crippen LogP contribution < -0.4 is 0 Å². The first-order valence-electron chi connectivity index (χ1n) is 27.1. The molecule has 2 heterocycles. The van der Waals surface area contributed by atoms with Crippen molar-refractivity contribution in [2.24, 2.45) is 0 Å². The summed E-state index contributed by atoms with van der Waals surface area (Å²) in [6, 6.07) is 0. The van der Waals surface area contributed by atoms with Crippen LogP contribution in [-0.4, -0.2) is 142 Å². The summed E-state index contributed by atoms with van der Waals surface area (Å²) >= 11 is 0. The maximum atomic E-state index is 13.0. The molecule has 0 aliphatic carbocycles. The van der Waals surface area contributed by atoms with Crippen molar-refractivity contribution in [2.75, 3.05) is 26.4 Å². The Morgan fingerprint density at radius 1 is 0.464 bits per heavy atom. The van der Waals surface area contributed by atoms with Crippen molar-refractivity contribution < 1.29 is 73.8 Å². The molecule has 2 saturated heterocycles. The fourth-order valence-corrected chi connectivity index (χ4v) is 8.40. The quantitative estimate of drug-likeness (QED) is 0.0174. The van der Waals surface area contributed by atoms with Crippen molar-refractivity contribution in [3.05, 3.63) is 36.5 Å². The van der Waals surface area contributed by atoms with Crippen LogP contribution in [0.3, 0.4) is 0 Å². The van der Waals surface area contributed by atoms with Crippen molar-refractivity contribution in [2.45, 2.75) is 268 Å². The number of carbonyl (C=O) groups is 2. The van der Waals surface area contributed by atoms with E-state index in [-0.39, 0.29) is 19.4 Å². The van der Waals surface area contributed by atoms with Gasteiger partial charge in [-0.1, -0.05) is 172 Å². The summed E-state index contributed by atoms with van der Waals surface area (Å²) in [7, 11) is 0. The number of hydrogen-bond acceptors (Lipinski definition) is 15. The normalized spacial score (nSPS) is 25.8. The Hall–Kier alpha value is -2.28. The minimum atomic E-state index is -1.77. The second-order valence-corrected chi connectivity index (χ2v) is 19.1. The van der Waals surface area contributed by atoms with Gasteiger partial charge in [0, 0.05) is 12.8 Å². The summed E-state index contributed by atoms with van der Waals surface area (Å²) in [5.74, 6) is -0.963. The van der Waals surface area contributed by atoms with Crippen LogP contribution in [0.25, 0.3) is 0 Å². The average molecular weight is 985 g/mol. The number of allylic oxidation sites excluding steroid dienone is 6. The highest BCUT2D eigenvalue weighted by Crippen LogP contribution is 2.26. The number of rotatable bonds is 42. The van der Waals surface area contributed by atoms with Gasteiger partial charge in [0.2, 0.25) is 0 Å². The van der Waals surface area contributed by atoms with E-state index >= 15 is 0 Å². The molecule has 7 N–H and O–H groups in total. The lowest BCUT2D eigenvalue weighted by Gasteiger charge is -2.42. The molecule has 2 fully saturated rings. The highest BCUT2D eigenvalue weighted by atomic mass is 16.7. The van der Waals surface area contributed by atoms with E-state index in [0.717, 1.165) is 51.4 Å². The largest absolute Gasteiger partial charge is 0.462 e. The summed E-state index contributed by atoms with van der Waals surface area (Å²) in [6.07, 6.45) is 27.4. The molecular weight excluding hydrogens is 889 g/mol. The first kappa shape index (κ1) is 62.8. The van der Waals surface area contributed by atoms with Gasteiger partial charge in [-0.25, -0.2) is 0 Å². The smallest absolute Gasteiger partial charge is 0.306 e. The number of carbonyl (C=O) groups excluding carboxylic acids is 2.